The van der Waals surface area contributed by atoms with E-state index < -0.39 is 5.60 Å². The number of carbonyl (C=O) groups is 1. The molecule has 0 unspecified atom stereocenters. The number of ether oxygens (including phenoxy) is 1. The first-order valence-corrected chi connectivity index (χ1v) is 11.2. The van der Waals surface area contributed by atoms with Crippen molar-refractivity contribution in [3.63, 3.8) is 0 Å². The van der Waals surface area contributed by atoms with Crippen molar-refractivity contribution in [1.29, 1.82) is 0 Å². The summed E-state index contributed by atoms with van der Waals surface area (Å²) >= 11 is 0. The maximum Gasteiger partial charge on any atom is 0.236 e. The fourth-order valence-corrected chi connectivity index (χ4v) is 3.77. The third kappa shape index (κ3) is 5.48. The number of carbonyl (C=O) groups excluding carboxylic acids is 1. The van der Waals surface area contributed by atoms with Crippen molar-refractivity contribution in [2.75, 3.05) is 20.2 Å². The van der Waals surface area contributed by atoms with Crippen LogP contribution in [0.3, 0.4) is 0 Å². The summed E-state index contributed by atoms with van der Waals surface area (Å²) in [6, 6.07) is 26.2. The number of hydrogen-bond donors (Lipinski definition) is 1. The lowest BCUT2D eigenvalue weighted by molar-refractivity contribution is 0.0852. The topological polar surface area (TPSA) is 75.8 Å². The van der Waals surface area contributed by atoms with Gasteiger partial charge in [0.2, 0.25) is 5.89 Å². The Morgan fingerprint density at radius 1 is 0.971 bits per heavy atom. The van der Waals surface area contributed by atoms with Crippen LogP contribution < -0.4 is 0 Å². The van der Waals surface area contributed by atoms with Crippen LogP contribution in [0.4, 0.5) is 0 Å². The molecule has 0 fully saturated rings. The van der Waals surface area contributed by atoms with E-state index in [4.69, 9.17) is 9.15 Å². The Morgan fingerprint density at radius 2 is 1.59 bits per heavy atom. The van der Waals surface area contributed by atoms with Crippen molar-refractivity contribution in [3.05, 3.63) is 125 Å². The first kappa shape index (κ1) is 23.6. The molecule has 0 aliphatic heterocycles. The van der Waals surface area contributed by atoms with E-state index in [0.29, 0.717) is 48.8 Å². The van der Waals surface area contributed by atoms with E-state index in [1.807, 2.05) is 79.8 Å². The highest BCUT2D eigenvalue weighted by molar-refractivity contribution is 5.74. The van der Waals surface area contributed by atoms with Gasteiger partial charge in [-0.2, -0.15) is 0 Å². The van der Waals surface area contributed by atoms with Gasteiger partial charge in [0.25, 0.3) is 0 Å². The highest BCUT2D eigenvalue weighted by Gasteiger charge is 2.38. The molecule has 4 rings (SSSR count). The summed E-state index contributed by atoms with van der Waals surface area (Å²) in [5.41, 5.74) is 1.58. The van der Waals surface area contributed by atoms with Gasteiger partial charge in [0, 0.05) is 12.1 Å². The summed E-state index contributed by atoms with van der Waals surface area (Å²) in [5.74, 6) is 0.899. The summed E-state index contributed by atoms with van der Waals surface area (Å²) < 4.78 is 11.8. The van der Waals surface area contributed by atoms with Gasteiger partial charge in [0.15, 0.2) is 5.60 Å². The van der Waals surface area contributed by atoms with Crippen LogP contribution in [-0.2, 0) is 23.5 Å². The monoisotopic (exact) mass is 456 g/mol. The molecule has 0 saturated heterocycles. The molecule has 0 radical (unpaired) electrons. The average Bonchev–Trinajstić information content (AvgIpc) is 3.36. The first-order chi connectivity index (χ1) is 16.6. The van der Waals surface area contributed by atoms with Crippen molar-refractivity contribution in [2.24, 2.45) is 0 Å². The molecule has 0 spiro atoms. The summed E-state index contributed by atoms with van der Waals surface area (Å²) in [6.07, 6.45) is 2.49. The van der Waals surface area contributed by atoms with Gasteiger partial charge in [-0.1, -0.05) is 84.9 Å². The van der Waals surface area contributed by atoms with E-state index in [9.17, 15) is 9.90 Å². The summed E-state index contributed by atoms with van der Waals surface area (Å²) in [6.45, 7) is 2.26. The number of likely N-dealkylation sites (N-methyl/N-ethyl adjacent to an activating group) is 1. The predicted octanol–water partition coefficient (Wildman–Crippen LogP) is 4.42. The van der Waals surface area contributed by atoms with Crippen LogP contribution in [0.2, 0.25) is 0 Å². The zero-order chi connectivity index (χ0) is 23.8. The fourth-order valence-electron chi connectivity index (χ4n) is 3.77. The molecule has 0 atom stereocenters. The maximum absolute atomic E-state index is 11.8. The molecule has 6 heteroatoms. The van der Waals surface area contributed by atoms with Crippen LogP contribution in [0.25, 0.3) is 0 Å². The SMILES string of the molecule is CN(CCOCc1ccc(C=O)cc1)Cc1cnc(C(O)(c2ccccc2)c2ccccc2)o1. The van der Waals surface area contributed by atoms with Crippen LogP contribution in [0, 0.1) is 0 Å². The molecular weight excluding hydrogens is 428 g/mol. The smallest absolute Gasteiger partial charge is 0.236 e. The zero-order valence-corrected chi connectivity index (χ0v) is 19.1. The molecule has 4 aromatic rings. The van der Waals surface area contributed by atoms with E-state index in [2.05, 4.69) is 9.88 Å². The van der Waals surface area contributed by atoms with Gasteiger partial charge in [-0.3, -0.25) is 9.69 Å². The van der Waals surface area contributed by atoms with Crippen LogP contribution in [-0.4, -0.2) is 41.5 Å². The molecule has 174 valence electrons. The minimum Gasteiger partial charge on any atom is -0.441 e. The van der Waals surface area contributed by atoms with Crippen LogP contribution in [0.1, 0.15) is 38.7 Å². The van der Waals surface area contributed by atoms with Gasteiger partial charge in [-0.15, -0.1) is 0 Å². The summed E-state index contributed by atoms with van der Waals surface area (Å²) in [7, 11) is 1.98. The molecule has 0 aliphatic carbocycles. The van der Waals surface area contributed by atoms with Crippen molar-refractivity contribution in [1.82, 2.24) is 9.88 Å². The highest BCUT2D eigenvalue weighted by Crippen LogP contribution is 2.36. The van der Waals surface area contributed by atoms with Crippen LogP contribution >= 0.6 is 0 Å². The second-order valence-electron chi connectivity index (χ2n) is 8.22. The quantitative estimate of drug-likeness (QED) is 0.266. The van der Waals surface area contributed by atoms with Crippen molar-refractivity contribution < 1.29 is 19.1 Å². The minimum atomic E-state index is -1.48. The van der Waals surface area contributed by atoms with Crippen molar-refractivity contribution >= 4 is 6.29 Å². The second-order valence-corrected chi connectivity index (χ2v) is 8.22. The molecule has 6 nitrogen and oxygen atoms in total. The number of aromatic nitrogens is 1. The van der Waals surface area contributed by atoms with Gasteiger partial charge in [-0.05, 0) is 23.7 Å². The van der Waals surface area contributed by atoms with E-state index in [1.165, 1.54) is 0 Å². The molecule has 0 aliphatic rings. The number of rotatable bonds is 11. The first-order valence-electron chi connectivity index (χ1n) is 11.2. The van der Waals surface area contributed by atoms with Crippen LogP contribution in [0.5, 0.6) is 0 Å². The van der Waals surface area contributed by atoms with E-state index in [1.54, 1.807) is 18.3 Å². The molecule has 0 saturated carbocycles. The van der Waals surface area contributed by atoms with Gasteiger partial charge in [0.05, 0.1) is 26.0 Å². The summed E-state index contributed by atoms with van der Waals surface area (Å²) in [4.78, 5) is 17.3. The van der Waals surface area contributed by atoms with Crippen molar-refractivity contribution in [3.8, 4) is 0 Å². The highest BCUT2D eigenvalue weighted by atomic mass is 16.5. The standard InChI is InChI=1S/C28H28N2O4/c1-30(16-17-33-21-23-14-12-22(20-31)13-15-23)19-26-18-29-27(34-26)28(32,24-8-4-2-5-9-24)25-10-6-3-7-11-25/h2-15,18,20,32H,16-17,19,21H2,1H3. The number of benzene rings is 3. The molecule has 1 N–H and O–H groups in total. The third-order valence-corrected chi connectivity index (χ3v) is 5.67. The minimum absolute atomic E-state index is 0.239. The molecular formula is C28H28N2O4. The number of hydrogen-bond acceptors (Lipinski definition) is 6. The zero-order valence-electron chi connectivity index (χ0n) is 19.1. The Kier molecular flexibility index (Phi) is 7.65. The van der Waals surface area contributed by atoms with Gasteiger partial charge in [0.1, 0.15) is 12.0 Å². The molecule has 3 aromatic carbocycles. The predicted molar refractivity (Wildman–Crippen MR) is 129 cm³/mol. The maximum atomic E-state index is 11.8. The Labute approximate surface area is 199 Å². The lowest BCUT2D eigenvalue weighted by Crippen LogP contribution is -2.29. The Bertz CT molecular complexity index is 1130. The molecule has 34 heavy (non-hydrogen) atoms. The Hall–Kier alpha value is -3.58. The lowest BCUT2D eigenvalue weighted by atomic mass is 9.86. The van der Waals surface area contributed by atoms with Gasteiger partial charge >= 0.3 is 0 Å². The van der Waals surface area contributed by atoms with E-state index in [0.717, 1.165) is 11.8 Å². The van der Waals surface area contributed by atoms with E-state index in [-0.39, 0.29) is 5.89 Å². The van der Waals surface area contributed by atoms with Crippen LogP contribution in [0.15, 0.2) is 95.5 Å². The molecule has 1 heterocycles. The average molecular weight is 457 g/mol. The second kappa shape index (κ2) is 11.0. The fraction of sp³-hybridized carbons (Fsp3) is 0.214. The van der Waals surface area contributed by atoms with Gasteiger partial charge < -0.3 is 14.3 Å². The lowest BCUT2D eigenvalue weighted by Gasteiger charge is -2.26. The Balaban J connectivity index is 1.38. The third-order valence-electron chi connectivity index (χ3n) is 5.67. The van der Waals surface area contributed by atoms with Gasteiger partial charge in [-0.25, -0.2) is 4.98 Å². The van der Waals surface area contributed by atoms with E-state index >= 15 is 0 Å². The number of aldehydes is 1. The van der Waals surface area contributed by atoms with Crippen molar-refractivity contribution in [2.45, 2.75) is 18.8 Å². The molecule has 1 aromatic heterocycles. The summed E-state index contributed by atoms with van der Waals surface area (Å²) in [5, 5.41) is 11.8. The Morgan fingerprint density at radius 3 is 2.18 bits per heavy atom. The number of aliphatic hydroxyl groups is 1. The molecule has 0 amide bonds. The number of oxazole rings is 1. The number of nitrogens with zero attached hydrogens (tertiary/aromatic N) is 2. The largest absolute Gasteiger partial charge is 0.441 e. The normalized spacial score (nSPS) is 11.6. The molecule has 0 bridgehead atoms.